The van der Waals surface area contributed by atoms with E-state index < -0.39 is 40.0 Å². The molecule has 0 aliphatic rings. The van der Waals surface area contributed by atoms with E-state index in [4.69, 9.17) is 4.74 Å². The van der Waals surface area contributed by atoms with E-state index in [0.29, 0.717) is 11.3 Å². The molecule has 0 saturated heterocycles. The van der Waals surface area contributed by atoms with E-state index in [9.17, 15) is 22.8 Å². The van der Waals surface area contributed by atoms with Crippen LogP contribution in [-0.4, -0.2) is 44.4 Å². The summed E-state index contributed by atoms with van der Waals surface area (Å²) in [6.45, 7) is 6.27. The van der Waals surface area contributed by atoms with Crippen LogP contribution in [0.1, 0.15) is 38.1 Å². The molecule has 0 heterocycles. The second-order valence-electron chi connectivity index (χ2n) is 7.43. The van der Waals surface area contributed by atoms with Gasteiger partial charge in [0.05, 0.1) is 4.90 Å². The summed E-state index contributed by atoms with van der Waals surface area (Å²) in [7, 11) is -3.64. The number of rotatable bonds is 9. The Morgan fingerprint density at radius 1 is 0.875 bits per heavy atom. The van der Waals surface area contributed by atoms with Gasteiger partial charge in [0.2, 0.25) is 10.0 Å². The van der Waals surface area contributed by atoms with Crippen molar-refractivity contribution in [2.75, 3.05) is 5.32 Å². The highest BCUT2D eigenvalue weighted by Crippen LogP contribution is 2.15. The molecule has 2 rings (SSSR count). The lowest BCUT2D eigenvalue weighted by atomic mass is 10.2. The predicted octanol–water partition coefficient (Wildman–Crippen LogP) is 2.06. The van der Waals surface area contributed by atoms with Crippen LogP contribution in [0.4, 0.5) is 5.69 Å². The lowest BCUT2D eigenvalue weighted by Crippen LogP contribution is -2.42. The molecule has 172 valence electrons. The van der Waals surface area contributed by atoms with Crippen molar-refractivity contribution in [1.82, 2.24) is 10.0 Å². The monoisotopic (exact) mass is 461 g/mol. The molecule has 9 nitrogen and oxygen atoms in total. The smallest absolute Gasteiger partial charge is 0.329 e. The quantitative estimate of drug-likeness (QED) is 0.490. The Labute approximate surface area is 187 Å². The molecule has 0 saturated carbocycles. The zero-order valence-electron chi connectivity index (χ0n) is 18.3. The minimum absolute atomic E-state index is 0.0617. The molecule has 32 heavy (non-hydrogen) atoms. The fourth-order valence-corrected chi connectivity index (χ4v) is 3.85. The molecule has 2 aromatic carbocycles. The zero-order valence-corrected chi connectivity index (χ0v) is 19.1. The number of benzene rings is 2. The summed E-state index contributed by atoms with van der Waals surface area (Å²) < 4.78 is 31.9. The summed E-state index contributed by atoms with van der Waals surface area (Å²) in [6, 6.07) is 12.8. The van der Waals surface area contributed by atoms with E-state index in [0.717, 1.165) is 0 Å². The number of carbonyl (C=O) groups excluding carboxylic acids is 3. The van der Waals surface area contributed by atoms with Crippen LogP contribution in [0.3, 0.4) is 0 Å². The molecule has 0 aliphatic heterocycles. The number of nitrogens with one attached hydrogen (secondary N) is 3. The lowest BCUT2D eigenvalue weighted by molar-refractivity contribution is -0.154. The van der Waals surface area contributed by atoms with Crippen molar-refractivity contribution in [3.05, 3.63) is 60.2 Å². The summed E-state index contributed by atoms with van der Waals surface area (Å²) in [5, 5.41) is 5.07. The highest BCUT2D eigenvalue weighted by Gasteiger charge is 2.24. The minimum atomic E-state index is -3.64. The van der Waals surface area contributed by atoms with Crippen molar-refractivity contribution in [2.45, 2.75) is 50.8 Å². The molecule has 2 atom stereocenters. The van der Waals surface area contributed by atoms with Gasteiger partial charge in [0.1, 0.15) is 6.04 Å². The molecular formula is C22H27N3O6S. The standard InChI is InChI=1S/C22H27N3O6S/c1-14(2)25-32(29,30)19-12-10-18(11-13-19)24-20(26)16(4)31-22(28)15(3)23-21(27)17-8-6-5-7-9-17/h5-16,25H,1-4H3,(H,23,27)(H,24,26). The second kappa shape index (κ2) is 10.9. The summed E-state index contributed by atoms with van der Waals surface area (Å²) in [5.74, 6) is -1.80. The maximum absolute atomic E-state index is 12.3. The Bertz CT molecular complexity index is 1050. The third-order valence-corrected chi connectivity index (χ3v) is 5.90. The maximum atomic E-state index is 12.3. The number of anilines is 1. The number of hydrogen-bond acceptors (Lipinski definition) is 6. The Morgan fingerprint density at radius 3 is 2.03 bits per heavy atom. The summed E-state index contributed by atoms with van der Waals surface area (Å²) in [5.41, 5.74) is 0.735. The lowest BCUT2D eigenvalue weighted by Gasteiger charge is -2.18. The first-order valence-corrected chi connectivity index (χ1v) is 11.5. The average molecular weight is 462 g/mol. The van der Waals surface area contributed by atoms with Gasteiger partial charge in [-0.1, -0.05) is 18.2 Å². The first-order valence-electron chi connectivity index (χ1n) is 9.99. The van der Waals surface area contributed by atoms with E-state index in [1.807, 2.05) is 0 Å². The van der Waals surface area contributed by atoms with Crippen molar-refractivity contribution >= 4 is 33.5 Å². The summed E-state index contributed by atoms with van der Waals surface area (Å²) in [4.78, 5) is 36.8. The molecular weight excluding hydrogens is 434 g/mol. The maximum Gasteiger partial charge on any atom is 0.329 e. The fourth-order valence-electron chi connectivity index (χ4n) is 2.60. The molecule has 2 amide bonds. The molecule has 2 aromatic rings. The van der Waals surface area contributed by atoms with Gasteiger partial charge < -0.3 is 15.4 Å². The van der Waals surface area contributed by atoms with Crippen LogP contribution >= 0.6 is 0 Å². The first kappa shape index (κ1) is 25.0. The SMILES string of the molecule is CC(C)NS(=O)(=O)c1ccc(NC(=O)C(C)OC(=O)C(C)NC(=O)c2ccccc2)cc1. The average Bonchev–Trinajstić information content (AvgIpc) is 2.73. The van der Waals surface area contributed by atoms with Gasteiger partial charge in [-0.05, 0) is 64.1 Å². The van der Waals surface area contributed by atoms with E-state index in [1.165, 1.54) is 38.1 Å². The summed E-state index contributed by atoms with van der Waals surface area (Å²) in [6.07, 6.45) is -1.13. The van der Waals surface area contributed by atoms with Crippen LogP contribution in [0.25, 0.3) is 0 Å². The molecule has 0 aliphatic carbocycles. The van der Waals surface area contributed by atoms with Crippen LogP contribution in [0.5, 0.6) is 0 Å². The molecule has 0 fully saturated rings. The third-order valence-electron chi connectivity index (χ3n) is 4.22. The van der Waals surface area contributed by atoms with Gasteiger partial charge in [-0.2, -0.15) is 0 Å². The Balaban J connectivity index is 1.90. The number of amides is 2. The Morgan fingerprint density at radius 2 is 1.47 bits per heavy atom. The van der Waals surface area contributed by atoms with Gasteiger partial charge >= 0.3 is 5.97 Å². The van der Waals surface area contributed by atoms with Crippen LogP contribution in [0.2, 0.25) is 0 Å². The van der Waals surface area contributed by atoms with Gasteiger partial charge in [-0.25, -0.2) is 17.9 Å². The predicted molar refractivity (Wildman–Crippen MR) is 119 cm³/mol. The van der Waals surface area contributed by atoms with E-state index in [-0.39, 0.29) is 10.9 Å². The number of carbonyl (C=O) groups is 3. The molecule has 10 heteroatoms. The van der Waals surface area contributed by atoms with Crippen molar-refractivity contribution in [1.29, 1.82) is 0 Å². The number of ether oxygens (including phenoxy) is 1. The van der Waals surface area contributed by atoms with Crippen molar-refractivity contribution in [3.8, 4) is 0 Å². The highest BCUT2D eigenvalue weighted by atomic mass is 32.2. The first-order chi connectivity index (χ1) is 15.0. The molecule has 3 N–H and O–H groups in total. The largest absolute Gasteiger partial charge is 0.451 e. The van der Waals surface area contributed by atoms with Gasteiger partial charge in [-0.15, -0.1) is 0 Å². The molecule has 0 radical (unpaired) electrons. The highest BCUT2D eigenvalue weighted by molar-refractivity contribution is 7.89. The Hall–Kier alpha value is -3.24. The van der Waals surface area contributed by atoms with Crippen LogP contribution in [-0.2, 0) is 24.3 Å². The van der Waals surface area contributed by atoms with Gasteiger partial charge in [0.25, 0.3) is 11.8 Å². The van der Waals surface area contributed by atoms with Gasteiger partial charge in [0, 0.05) is 17.3 Å². The van der Waals surface area contributed by atoms with Crippen LogP contribution < -0.4 is 15.4 Å². The number of sulfonamides is 1. The topological polar surface area (TPSA) is 131 Å². The number of esters is 1. The molecule has 0 aromatic heterocycles. The van der Waals surface area contributed by atoms with E-state index in [2.05, 4.69) is 15.4 Å². The van der Waals surface area contributed by atoms with Gasteiger partial charge in [0.15, 0.2) is 6.10 Å². The van der Waals surface area contributed by atoms with E-state index >= 15 is 0 Å². The molecule has 0 bridgehead atoms. The van der Waals surface area contributed by atoms with Crippen molar-refractivity contribution in [2.24, 2.45) is 0 Å². The van der Waals surface area contributed by atoms with Crippen molar-refractivity contribution < 1.29 is 27.5 Å². The summed E-state index contributed by atoms with van der Waals surface area (Å²) >= 11 is 0. The molecule has 0 spiro atoms. The van der Waals surface area contributed by atoms with E-state index in [1.54, 1.807) is 44.2 Å². The fraction of sp³-hybridized carbons (Fsp3) is 0.318. The van der Waals surface area contributed by atoms with Gasteiger partial charge in [-0.3, -0.25) is 9.59 Å². The second-order valence-corrected chi connectivity index (χ2v) is 9.14. The zero-order chi connectivity index (χ0) is 23.9. The van der Waals surface area contributed by atoms with Crippen molar-refractivity contribution in [3.63, 3.8) is 0 Å². The minimum Gasteiger partial charge on any atom is -0.451 e. The number of hydrogen-bond donors (Lipinski definition) is 3. The normalized spacial score (nSPS) is 13.2. The molecule has 2 unspecified atom stereocenters. The third kappa shape index (κ3) is 7.17. The Kier molecular flexibility index (Phi) is 8.50. The van der Waals surface area contributed by atoms with Crippen LogP contribution in [0.15, 0.2) is 59.5 Å². The van der Waals surface area contributed by atoms with Crippen LogP contribution in [0, 0.1) is 0 Å².